The standard InChI is InChI=1S/C42H49N7O4/c1-25(2)18-35(50)48-23-41(14-15-41)21-34(48)38-44-30-13-10-28(19-31(30)45-38)7-6-27-8-11-29(12-9-27)32-22-43-37(46-32)33-20-42(16-17-42)24-49(33)39(51)36(26(3)4)47-40(52)53-5/h8-13,19,22,25-26,33-34,36H,14-18,20-21,23-24H2,1-5H3,(H,43,46)(H,44,45)(H,47,52)/t33-,34-,36-/m0/s1. The molecule has 4 aromatic rings. The lowest BCUT2D eigenvalue weighted by Crippen LogP contribution is -2.51. The first kappa shape index (κ1) is 34.9. The van der Waals surface area contributed by atoms with E-state index in [0.29, 0.717) is 18.9 Å². The summed E-state index contributed by atoms with van der Waals surface area (Å²) in [5, 5.41) is 2.74. The van der Waals surface area contributed by atoms with Crippen LogP contribution < -0.4 is 5.32 Å². The Kier molecular flexibility index (Phi) is 8.83. The maximum absolute atomic E-state index is 13.8. The van der Waals surface area contributed by atoms with E-state index in [1.807, 2.05) is 67.4 Å². The van der Waals surface area contributed by atoms with E-state index in [2.05, 4.69) is 45.9 Å². The van der Waals surface area contributed by atoms with Gasteiger partial charge in [0.2, 0.25) is 11.8 Å². The van der Waals surface area contributed by atoms with Gasteiger partial charge in [-0.1, -0.05) is 51.7 Å². The van der Waals surface area contributed by atoms with Gasteiger partial charge in [-0.3, -0.25) is 9.59 Å². The number of ether oxygens (including phenoxy) is 1. The SMILES string of the molecule is COC(=O)N[C@H](C(=O)N1CC2(CC2)C[C@H]1c1ncc(-c2ccc(C#Cc3ccc4nc([C@@H]5CC6(CC6)CN5C(=O)CC(C)C)[nH]c4c3)cc2)[nH]1)C(C)C. The van der Waals surface area contributed by atoms with Gasteiger partial charge in [-0.15, -0.1) is 0 Å². The average Bonchev–Trinajstić information content (AvgIpc) is 3.75. The largest absolute Gasteiger partial charge is 0.453 e. The molecule has 2 spiro atoms. The van der Waals surface area contributed by atoms with Crippen LogP contribution in [-0.2, 0) is 14.3 Å². The minimum absolute atomic E-state index is 0.00264. The number of hydrogen-bond donors (Lipinski definition) is 3. The molecule has 4 fully saturated rings. The monoisotopic (exact) mass is 715 g/mol. The molecule has 8 rings (SSSR count). The molecule has 2 aliphatic carbocycles. The number of aromatic nitrogens is 4. The fourth-order valence-electron chi connectivity index (χ4n) is 8.31. The third-order valence-electron chi connectivity index (χ3n) is 11.8. The van der Waals surface area contributed by atoms with Crippen LogP contribution in [0.5, 0.6) is 0 Å². The number of nitrogens with zero attached hydrogens (tertiary/aromatic N) is 4. The van der Waals surface area contributed by atoms with E-state index in [0.717, 1.165) is 77.3 Å². The van der Waals surface area contributed by atoms with Crippen molar-refractivity contribution in [3.05, 3.63) is 71.4 Å². The number of carbonyl (C=O) groups is 3. The molecular weight excluding hydrogens is 667 g/mol. The number of rotatable bonds is 8. The van der Waals surface area contributed by atoms with Crippen LogP contribution in [0.1, 0.15) is 108 Å². The smallest absolute Gasteiger partial charge is 0.407 e. The molecule has 2 aliphatic heterocycles. The molecule has 0 bridgehead atoms. The molecule has 4 heterocycles. The highest BCUT2D eigenvalue weighted by Gasteiger charge is 2.56. The highest BCUT2D eigenvalue weighted by Crippen LogP contribution is 2.59. The Morgan fingerprint density at radius 2 is 1.53 bits per heavy atom. The van der Waals surface area contributed by atoms with Gasteiger partial charge in [0.1, 0.15) is 17.7 Å². The maximum Gasteiger partial charge on any atom is 0.407 e. The molecule has 276 valence electrons. The van der Waals surface area contributed by atoms with Crippen LogP contribution in [0.4, 0.5) is 4.79 Å². The van der Waals surface area contributed by atoms with Gasteiger partial charge < -0.3 is 29.8 Å². The van der Waals surface area contributed by atoms with Crippen molar-refractivity contribution >= 4 is 28.9 Å². The van der Waals surface area contributed by atoms with Crippen LogP contribution in [0.3, 0.4) is 0 Å². The quantitative estimate of drug-likeness (QED) is 0.170. The van der Waals surface area contributed by atoms with Gasteiger partial charge in [0, 0.05) is 30.6 Å². The van der Waals surface area contributed by atoms with Gasteiger partial charge in [-0.05, 0) is 97.1 Å². The van der Waals surface area contributed by atoms with E-state index in [-0.39, 0.29) is 40.6 Å². The molecule has 2 saturated carbocycles. The van der Waals surface area contributed by atoms with Crippen LogP contribution in [-0.4, -0.2) is 73.9 Å². The molecule has 11 heteroatoms. The number of hydrogen-bond acceptors (Lipinski definition) is 6. The summed E-state index contributed by atoms with van der Waals surface area (Å²) in [6, 6.07) is 13.2. The van der Waals surface area contributed by atoms with Crippen molar-refractivity contribution in [1.29, 1.82) is 0 Å². The summed E-state index contributed by atoms with van der Waals surface area (Å²) >= 11 is 0. The van der Waals surface area contributed by atoms with E-state index in [1.165, 1.54) is 20.0 Å². The molecule has 0 unspecified atom stereocenters. The van der Waals surface area contributed by atoms with Gasteiger partial charge in [0.05, 0.1) is 42.1 Å². The van der Waals surface area contributed by atoms with Crippen molar-refractivity contribution in [1.82, 2.24) is 35.1 Å². The summed E-state index contributed by atoms with van der Waals surface area (Å²) < 4.78 is 4.80. The molecular formula is C42H49N7O4. The Balaban J connectivity index is 0.957. The Bertz CT molecular complexity index is 2110. The van der Waals surface area contributed by atoms with Crippen LogP contribution in [0.2, 0.25) is 0 Å². The zero-order chi connectivity index (χ0) is 37.1. The molecule has 3 atom stereocenters. The molecule has 2 aromatic carbocycles. The molecule has 3 amide bonds. The summed E-state index contributed by atoms with van der Waals surface area (Å²) in [5.74, 6) is 8.60. The molecule has 0 radical (unpaired) electrons. The van der Waals surface area contributed by atoms with Crippen molar-refractivity contribution in [2.24, 2.45) is 22.7 Å². The lowest BCUT2D eigenvalue weighted by Gasteiger charge is -2.30. The summed E-state index contributed by atoms with van der Waals surface area (Å²) in [6.07, 6.45) is 8.19. The second kappa shape index (κ2) is 13.4. The number of H-pyrrole nitrogens is 2. The first-order valence-electron chi connectivity index (χ1n) is 19.1. The second-order valence-electron chi connectivity index (χ2n) is 16.7. The van der Waals surface area contributed by atoms with Gasteiger partial charge in [-0.25, -0.2) is 14.8 Å². The van der Waals surface area contributed by atoms with Crippen LogP contribution in [0.15, 0.2) is 48.7 Å². The number of methoxy groups -OCH3 is 1. The van der Waals surface area contributed by atoms with Crippen molar-refractivity contribution < 1.29 is 19.1 Å². The number of fused-ring (bicyclic) bond motifs is 1. The number of nitrogens with one attached hydrogen (secondary N) is 3. The van der Waals surface area contributed by atoms with Crippen molar-refractivity contribution in [3.8, 4) is 23.1 Å². The number of likely N-dealkylation sites (tertiary alicyclic amines) is 2. The number of benzene rings is 2. The predicted molar refractivity (Wildman–Crippen MR) is 201 cm³/mol. The molecule has 4 aliphatic rings. The van der Waals surface area contributed by atoms with Gasteiger partial charge >= 0.3 is 6.09 Å². The second-order valence-corrected chi connectivity index (χ2v) is 16.7. The Labute approximate surface area is 310 Å². The molecule has 53 heavy (non-hydrogen) atoms. The minimum atomic E-state index is -0.676. The lowest BCUT2D eigenvalue weighted by atomic mass is 10.0. The zero-order valence-corrected chi connectivity index (χ0v) is 31.3. The lowest BCUT2D eigenvalue weighted by molar-refractivity contribution is -0.136. The number of carbonyl (C=O) groups excluding carboxylic acids is 3. The van der Waals surface area contributed by atoms with Crippen molar-refractivity contribution in [3.63, 3.8) is 0 Å². The Morgan fingerprint density at radius 3 is 2.17 bits per heavy atom. The zero-order valence-electron chi connectivity index (χ0n) is 31.3. The summed E-state index contributed by atoms with van der Waals surface area (Å²) in [7, 11) is 1.31. The summed E-state index contributed by atoms with van der Waals surface area (Å²) in [6.45, 7) is 9.55. The third kappa shape index (κ3) is 7.04. The summed E-state index contributed by atoms with van der Waals surface area (Å²) in [4.78, 5) is 59.7. The van der Waals surface area contributed by atoms with Gasteiger partial charge in [0.15, 0.2) is 0 Å². The van der Waals surface area contributed by atoms with Gasteiger partial charge in [0.25, 0.3) is 0 Å². The maximum atomic E-state index is 13.8. The van der Waals surface area contributed by atoms with Crippen molar-refractivity contribution in [2.45, 2.75) is 90.8 Å². The number of imidazole rings is 2. The summed E-state index contributed by atoms with van der Waals surface area (Å²) in [5.41, 5.74) is 5.86. The van der Waals surface area contributed by atoms with Crippen LogP contribution in [0.25, 0.3) is 22.3 Å². The normalized spacial score (nSPS) is 21.3. The third-order valence-corrected chi connectivity index (χ3v) is 11.8. The Hall–Kier alpha value is -5.11. The highest BCUT2D eigenvalue weighted by molar-refractivity contribution is 5.86. The van der Waals surface area contributed by atoms with E-state index in [9.17, 15) is 14.4 Å². The van der Waals surface area contributed by atoms with E-state index >= 15 is 0 Å². The Morgan fingerprint density at radius 1 is 0.887 bits per heavy atom. The van der Waals surface area contributed by atoms with Crippen molar-refractivity contribution in [2.75, 3.05) is 20.2 Å². The number of amides is 3. The first-order chi connectivity index (χ1) is 25.4. The number of alkyl carbamates (subject to hydrolysis) is 1. The highest BCUT2D eigenvalue weighted by atomic mass is 16.5. The number of aromatic amines is 2. The fourth-order valence-corrected chi connectivity index (χ4v) is 8.31. The van der Waals surface area contributed by atoms with E-state index in [1.54, 1.807) is 0 Å². The first-order valence-corrected chi connectivity index (χ1v) is 19.1. The van der Waals surface area contributed by atoms with E-state index in [4.69, 9.17) is 14.7 Å². The van der Waals surface area contributed by atoms with Crippen LogP contribution in [0, 0.1) is 34.5 Å². The fraction of sp³-hybridized carbons (Fsp3) is 0.500. The molecule has 11 nitrogen and oxygen atoms in total. The topological polar surface area (TPSA) is 136 Å². The average molecular weight is 716 g/mol. The minimum Gasteiger partial charge on any atom is -0.453 e. The van der Waals surface area contributed by atoms with E-state index < -0.39 is 12.1 Å². The predicted octanol–water partition coefficient (Wildman–Crippen LogP) is 6.89. The van der Waals surface area contributed by atoms with Crippen LogP contribution >= 0.6 is 0 Å². The molecule has 2 aromatic heterocycles. The molecule has 2 saturated heterocycles. The molecule has 3 N–H and O–H groups in total. The van der Waals surface area contributed by atoms with Gasteiger partial charge in [-0.2, -0.15) is 0 Å².